The van der Waals surface area contributed by atoms with Crippen molar-refractivity contribution in [3.05, 3.63) is 71.4 Å². The van der Waals surface area contributed by atoms with E-state index in [9.17, 15) is 22.4 Å². The summed E-state index contributed by atoms with van der Waals surface area (Å²) >= 11 is 0. The maximum atomic E-state index is 13.7. The van der Waals surface area contributed by atoms with E-state index in [1.807, 2.05) is 0 Å². The Morgan fingerprint density at radius 1 is 0.846 bits per heavy atom. The van der Waals surface area contributed by atoms with Gasteiger partial charge in [-0.25, -0.2) is 22.5 Å². The van der Waals surface area contributed by atoms with E-state index in [1.54, 1.807) is 0 Å². The molecule has 0 saturated carbocycles. The molecule has 9 heteroatoms. The SMILES string of the molecule is O=Cc1cnc(Oc2ccc(F)cc2F)nc1Oc1ccc(F)cc1F. The van der Waals surface area contributed by atoms with Crippen LogP contribution in [0.15, 0.2) is 42.6 Å². The Hall–Kier alpha value is -3.49. The third-order valence-corrected chi connectivity index (χ3v) is 3.08. The summed E-state index contributed by atoms with van der Waals surface area (Å²) in [5, 5.41) is 0. The summed E-state index contributed by atoms with van der Waals surface area (Å²) in [6, 6.07) is 4.68. The van der Waals surface area contributed by atoms with E-state index >= 15 is 0 Å². The number of hydrogen-bond donors (Lipinski definition) is 0. The fourth-order valence-corrected chi connectivity index (χ4v) is 1.89. The molecule has 0 spiro atoms. The van der Waals surface area contributed by atoms with Gasteiger partial charge in [-0.15, -0.1) is 0 Å². The molecular weight excluding hydrogens is 356 g/mol. The summed E-state index contributed by atoms with van der Waals surface area (Å²) in [5.41, 5.74) is -0.152. The van der Waals surface area contributed by atoms with Crippen molar-refractivity contribution in [3.63, 3.8) is 0 Å². The average molecular weight is 364 g/mol. The number of carbonyl (C=O) groups is 1. The number of nitrogens with zero attached hydrogens (tertiary/aromatic N) is 2. The van der Waals surface area contributed by atoms with E-state index < -0.39 is 40.9 Å². The molecule has 2 aromatic carbocycles. The molecule has 0 radical (unpaired) electrons. The van der Waals surface area contributed by atoms with Gasteiger partial charge >= 0.3 is 6.01 Å². The van der Waals surface area contributed by atoms with Gasteiger partial charge in [0.15, 0.2) is 29.4 Å². The maximum absolute atomic E-state index is 13.7. The average Bonchev–Trinajstić information content (AvgIpc) is 2.60. The molecule has 3 aromatic rings. The first kappa shape index (κ1) is 17.3. The van der Waals surface area contributed by atoms with E-state index in [-0.39, 0.29) is 11.3 Å². The second-order valence-corrected chi connectivity index (χ2v) is 4.88. The largest absolute Gasteiger partial charge is 0.435 e. The molecule has 0 unspecified atom stereocenters. The van der Waals surface area contributed by atoms with Crippen LogP contribution in [0.2, 0.25) is 0 Å². The minimum atomic E-state index is -1.02. The zero-order valence-electron chi connectivity index (χ0n) is 12.7. The highest BCUT2D eigenvalue weighted by Gasteiger charge is 2.15. The minimum absolute atomic E-state index is 0.152. The van der Waals surface area contributed by atoms with Gasteiger partial charge in [0, 0.05) is 18.3 Å². The first-order valence-electron chi connectivity index (χ1n) is 7.04. The van der Waals surface area contributed by atoms with Crippen LogP contribution in [0.1, 0.15) is 10.4 Å². The molecule has 0 aliphatic heterocycles. The van der Waals surface area contributed by atoms with Crippen molar-refractivity contribution in [2.24, 2.45) is 0 Å². The maximum Gasteiger partial charge on any atom is 0.325 e. The van der Waals surface area contributed by atoms with Crippen molar-refractivity contribution >= 4 is 6.29 Å². The van der Waals surface area contributed by atoms with Gasteiger partial charge in [-0.1, -0.05) is 0 Å². The molecule has 0 aliphatic carbocycles. The van der Waals surface area contributed by atoms with Crippen LogP contribution in [0.4, 0.5) is 17.6 Å². The van der Waals surface area contributed by atoms with Crippen molar-refractivity contribution in [3.8, 4) is 23.4 Å². The van der Waals surface area contributed by atoms with Gasteiger partial charge in [-0.2, -0.15) is 4.98 Å². The van der Waals surface area contributed by atoms with E-state index in [0.29, 0.717) is 18.4 Å². The summed E-state index contributed by atoms with van der Waals surface area (Å²) in [6.45, 7) is 0. The van der Waals surface area contributed by atoms with Gasteiger partial charge in [0.2, 0.25) is 5.88 Å². The highest BCUT2D eigenvalue weighted by molar-refractivity contribution is 5.77. The molecule has 1 heterocycles. The summed E-state index contributed by atoms with van der Waals surface area (Å²) in [5.74, 6) is -4.80. The van der Waals surface area contributed by atoms with Gasteiger partial charge in [-0.05, 0) is 24.3 Å². The molecule has 0 bridgehead atoms. The van der Waals surface area contributed by atoms with Crippen LogP contribution in [-0.2, 0) is 0 Å². The van der Waals surface area contributed by atoms with Gasteiger partial charge in [-0.3, -0.25) is 4.79 Å². The lowest BCUT2D eigenvalue weighted by atomic mass is 10.3. The highest BCUT2D eigenvalue weighted by atomic mass is 19.1. The predicted molar refractivity (Wildman–Crippen MR) is 80.3 cm³/mol. The van der Waals surface area contributed by atoms with Crippen molar-refractivity contribution in [2.45, 2.75) is 0 Å². The van der Waals surface area contributed by atoms with Crippen molar-refractivity contribution in [1.29, 1.82) is 0 Å². The van der Waals surface area contributed by atoms with Gasteiger partial charge in [0.1, 0.15) is 11.6 Å². The molecule has 1 aromatic heterocycles. The van der Waals surface area contributed by atoms with Crippen LogP contribution in [0, 0.1) is 23.3 Å². The number of benzene rings is 2. The molecule has 0 atom stereocenters. The summed E-state index contributed by atoms with van der Waals surface area (Å²) in [4.78, 5) is 18.5. The van der Waals surface area contributed by atoms with Crippen molar-refractivity contribution in [1.82, 2.24) is 9.97 Å². The molecule has 0 aliphatic rings. The number of carbonyl (C=O) groups excluding carboxylic acids is 1. The van der Waals surface area contributed by atoms with E-state index in [2.05, 4.69) is 9.97 Å². The zero-order chi connectivity index (χ0) is 18.7. The first-order chi connectivity index (χ1) is 12.5. The third-order valence-electron chi connectivity index (χ3n) is 3.08. The van der Waals surface area contributed by atoms with Crippen LogP contribution < -0.4 is 9.47 Å². The van der Waals surface area contributed by atoms with Crippen LogP contribution in [0.5, 0.6) is 23.4 Å². The monoisotopic (exact) mass is 364 g/mol. The fourth-order valence-electron chi connectivity index (χ4n) is 1.89. The number of aldehydes is 1. The quantitative estimate of drug-likeness (QED) is 0.495. The van der Waals surface area contributed by atoms with E-state index in [1.165, 1.54) is 0 Å². The molecule has 26 heavy (non-hydrogen) atoms. The molecule has 0 fully saturated rings. The predicted octanol–water partition coefficient (Wildman–Crippen LogP) is 4.43. The number of aromatic nitrogens is 2. The normalized spacial score (nSPS) is 10.5. The molecule has 3 rings (SSSR count). The first-order valence-corrected chi connectivity index (χ1v) is 7.04. The molecule has 0 N–H and O–H groups in total. The molecular formula is C17H8F4N2O3. The van der Waals surface area contributed by atoms with E-state index in [4.69, 9.17) is 9.47 Å². The number of rotatable bonds is 5. The van der Waals surface area contributed by atoms with Crippen LogP contribution >= 0.6 is 0 Å². The summed E-state index contributed by atoms with van der Waals surface area (Å²) < 4.78 is 63.4. The lowest BCUT2D eigenvalue weighted by Crippen LogP contribution is -2.01. The lowest BCUT2D eigenvalue weighted by molar-refractivity contribution is 0.112. The lowest BCUT2D eigenvalue weighted by Gasteiger charge is -2.10. The molecule has 132 valence electrons. The minimum Gasteiger partial charge on any atom is -0.435 e. The third kappa shape index (κ3) is 3.77. The van der Waals surface area contributed by atoms with E-state index in [0.717, 1.165) is 30.5 Å². The number of ether oxygens (including phenoxy) is 2. The van der Waals surface area contributed by atoms with Crippen LogP contribution in [-0.4, -0.2) is 16.3 Å². The Morgan fingerprint density at radius 2 is 1.42 bits per heavy atom. The molecule has 0 amide bonds. The number of hydrogen-bond acceptors (Lipinski definition) is 5. The second kappa shape index (κ2) is 7.18. The van der Waals surface area contributed by atoms with Crippen molar-refractivity contribution < 1.29 is 31.8 Å². The molecule has 5 nitrogen and oxygen atoms in total. The standard InChI is InChI=1S/C17H8F4N2O3/c18-10-1-3-14(12(20)5-10)25-16-9(8-24)7-22-17(23-16)26-15-4-2-11(19)6-13(15)21/h1-8H. The summed E-state index contributed by atoms with van der Waals surface area (Å²) in [7, 11) is 0. The fraction of sp³-hybridized carbons (Fsp3) is 0. The van der Waals surface area contributed by atoms with Gasteiger partial charge in [0.25, 0.3) is 0 Å². The zero-order valence-corrected chi connectivity index (χ0v) is 12.7. The van der Waals surface area contributed by atoms with Crippen LogP contribution in [0.3, 0.4) is 0 Å². The second-order valence-electron chi connectivity index (χ2n) is 4.88. The topological polar surface area (TPSA) is 61.3 Å². The Morgan fingerprint density at radius 3 is 1.96 bits per heavy atom. The van der Waals surface area contributed by atoms with Gasteiger partial charge in [0.05, 0.1) is 5.56 Å². The van der Waals surface area contributed by atoms with Crippen molar-refractivity contribution in [2.75, 3.05) is 0 Å². The Labute approximate surface area is 143 Å². The Bertz CT molecular complexity index is 982. The summed E-state index contributed by atoms with van der Waals surface area (Å²) in [6.07, 6.45) is 1.35. The van der Waals surface area contributed by atoms with Crippen LogP contribution in [0.25, 0.3) is 0 Å². The smallest absolute Gasteiger partial charge is 0.325 e. The highest BCUT2D eigenvalue weighted by Crippen LogP contribution is 2.28. The molecule has 0 saturated heterocycles. The Kier molecular flexibility index (Phi) is 4.78. The number of halogens is 4. The Balaban J connectivity index is 1.92. The van der Waals surface area contributed by atoms with Gasteiger partial charge < -0.3 is 9.47 Å².